The zero-order chi connectivity index (χ0) is 9.19. The highest BCUT2D eigenvalue weighted by atomic mass is 16.3. The Bertz CT molecular complexity index is 137. The van der Waals surface area contributed by atoms with Gasteiger partial charge in [0.15, 0.2) is 0 Å². The van der Waals surface area contributed by atoms with Gasteiger partial charge >= 0.3 is 0 Å². The molecule has 1 aliphatic rings. The minimum atomic E-state index is -0.0465. The van der Waals surface area contributed by atoms with Crippen molar-refractivity contribution in [3.8, 4) is 0 Å². The van der Waals surface area contributed by atoms with E-state index in [-0.39, 0.29) is 11.5 Å². The van der Waals surface area contributed by atoms with Gasteiger partial charge in [-0.1, -0.05) is 13.8 Å². The Balaban J connectivity index is 2.44. The van der Waals surface area contributed by atoms with E-state index in [9.17, 15) is 5.11 Å². The number of hydrogen-bond acceptors (Lipinski definition) is 2. The largest absolute Gasteiger partial charge is 0.393 e. The molecular formula is C10H21NO. The van der Waals surface area contributed by atoms with Gasteiger partial charge in [-0.15, -0.1) is 0 Å². The van der Waals surface area contributed by atoms with Crippen molar-refractivity contribution in [3.05, 3.63) is 0 Å². The van der Waals surface area contributed by atoms with Crippen molar-refractivity contribution in [2.75, 3.05) is 6.54 Å². The van der Waals surface area contributed by atoms with Gasteiger partial charge in [0.2, 0.25) is 0 Å². The third kappa shape index (κ3) is 2.20. The summed E-state index contributed by atoms with van der Waals surface area (Å²) >= 11 is 0. The number of hydrogen-bond donors (Lipinski definition) is 2. The summed E-state index contributed by atoms with van der Waals surface area (Å²) in [6, 6.07) is 0. The molecule has 0 atom stereocenters. The van der Waals surface area contributed by atoms with Gasteiger partial charge in [0.1, 0.15) is 0 Å². The average molecular weight is 171 g/mol. The van der Waals surface area contributed by atoms with Crippen LogP contribution >= 0.6 is 0 Å². The molecule has 72 valence electrons. The SMILES string of the molecule is CC(C)(CN)C1CCC(O)CC1. The van der Waals surface area contributed by atoms with E-state index in [1.54, 1.807) is 0 Å². The normalized spacial score (nSPS) is 32.0. The minimum Gasteiger partial charge on any atom is -0.393 e. The molecule has 0 radical (unpaired) electrons. The van der Waals surface area contributed by atoms with E-state index in [0.717, 1.165) is 32.2 Å². The number of aliphatic hydroxyl groups excluding tert-OH is 1. The second kappa shape index (κ2) is 3.75. The lowest BCUT2D eigenvalue weighted by molar-refractivity contribution is 0.0688. The van der Waals surface area contributed by atoms with Crippen LogP contribution < -0.4 is 5.73 Å². The second-order valence-electron chi connectivity index (χ2n) is 4.70. The zero-order valence-electron chi connectivity index (χ0n) is 8.21. The van der Waals surface area contributed by atoms with Crippen molar-refractivity contribution in [2.24, 2.45) is 17.1 Å². The molecule has 0 amide bonds. The molecular weight excluding hydrogens is 150 g/mol. The maximum Gasteiger partial charge on any atom is 0.0540 e. The molecule has 0 aliphatic heterocycles. The lowest BCUT2D eigenvalue weighted by atomic mass is 9.70. The highest BCUT2D eigenvalue weighted by Gasteiger charge is 2.31. The molecule has 3 N–H and O–H groups in total. The van der Waals surface area contributed by atoms with Gasteiger partial charge in [0, 0.05) is 0 Å². The Kier molecular flexibility index (Phi) is 3.13. The third-order valence-corrected chi connectivity index (χ3v) is 3.33. The predicted octanol–water partition coefficient (Wildman–Crippen LogP) is 1.52. The van der Waals surface area contributed by atoms with Crippen molar-refractivity contribution in [1.29, 1.82) is 0 Å². The summed E-state index contributed by atoms with van der Waals surface area (Å²) in [5, 5.41) is 9.33. The first kappa shape index (κ1) is 10.0. The first-order chi connectivity index (χ1) is 5.56. The monoisotopic (exact) mass is 171 g/mol. The maximum absolute atomic E-state index is 9.33. The van der Waals surface area contributed by atoms with Gasteiger partial charge in [-0.05, 0) is 43.6 Å². The fourth-order valence-corrected chi connectivity index (χ4v) is 2.02. The first-order valence-corrected chi connectivity index (χ1v) is 4.94. The third-order valence-electron chi connectivity index (χ3n) is 3.33. The van der Waals surface area contributed by atoms with E-state index in [2.05, 4.69) is 13.8 Å². The van der Waals surface area contributed by atoms with E-state index in [0.29, 0.717) is 5.92 Å². The van der Waals surface area contributed by atoms with E-state index in [1.807, 2.05) is 0 Å². The molecule has 0 spiro atoms. The van der Waals surface area contributed by atoms with Gasteiger partial charge in [-0.3, -0.25) is 0 Å². The Morgan fingerprint density at radius 1 is 1.25 bits per heavy atom. The standard InChI is InChI=1S/C10H21NO/c1-10(2,7-11)8-3-5-9(12)6-4-8/h8-9,12H,3-7,11H2,1-2H3. The highest BCUT2D eigenvalue weighted by Crippen LogP contribution is 2.37. The molecule has 0 aromatic carbocycles. The number of rotatable bonds is 2. The lowest BCUT2D eigenvalue weighted by Gasteiger charge is -2.37. The number of nitrogens with two attached hydrogens (primary N) is 1. The Morgan fingerprint density at radius 3 is 2.17 bits per heavy atom. The van der Waals surface area contributed by atoms with Crippen LogP contribution in [0.25, 0.3) is 0 Å². The van der Waals surface area contributed by atoms with Crippen LogP contribution in [0.2, 0.25) is 0 Å². The predicted molar refractivity (Wildman–Crippen MR) is 50.8 cm³/mol. The summed E-state index contributed by atoms with van der Waals surface area (Å²) < 4.78 is 0. The summed E-state index contributed by atoms with van der Waals surface area (Å²) in [6.45, 7) is 5.22. The molecule has 1 rings (SSSR count). The quantitative estimate of drug-likeness (QED) is 0.661. The fourth-order valence-electron chi connectivity index (χ4n) is 2.02. The smallest absolute Gasteiger partial charge is 0.0540 e. The number of aliphatic hydroxyl groups is 1. The zero-order valence-corrected chi connectivity index (χ0v) is 8.21. The van der Waals surface area contributed by atoms with Crippen molar-refractivity contribution in [1.82, 2.24) is 0 Å². The molecule has 0 aromatic rings. The van der Waals surface area contributed by atoms with Crippen LogP contribution in [0, 0.1) is 11.3 Å². The summed E-state index contributed by atoms with van der Waals surface area (Å²) in [4.78, 5) is 0. The molecule has 1 aliphatic carbocycles. The lowest BCUT2D eigenvalue weighted by Crippen LogP contribution is -2.35. The van der Waals surface area contributed by atoms with Gasteiger partial charge in [0.25, 0.3) is 0 Å². The minimum absolute atomic E-state index is 0.0465. The molecule has 2 nitrogen and oxygen atoms in total. The maximum atomic E-state index is 9.33. The van der Waals surface area contributed by atoms with E-state index < -0.39 is 0 Å². The van der Waals surface area contributed by atoms with E-state index >= 15 is 0 Å². The Labute approximate surface area is 75.2 Å². The van der Waals surface area contributed by atoms with Crippen molar-refractivity contribution in [2.45, 2.75) is 45.6 Å². The fraction of sp³-hybridized carbons (Fsp3) is 1.00. The topological polar surface area (TPSA) is 46.2 Å². The second-order valence-corrected chi connectivity index (χ2v) is 4.70. The molecule has 0 saturated heterocycles. The average Bonchev–Trinajstić information content (AvgIpc) is 2.05. The Morgan fingerprint density at radius 2 is 1.75 bits per heavy atom. The Hall–Kier alpha value is -0.0800. The van der Waals surface area contributed by atoms with Gasteiger partial charge < -0.3 is 10.8 Å². The molecule has 12 heavy (non-hydrogen) atoms. The van der Waals surface area contributed by atoms with Crippen LogP contribution in [0.1, 0.15) is 39.5 Å². The van der Waals surface area contributed by atoms with E-state index in [4.69, 9.17) is 5.73 Å². The molecule has 0 unspecified atom stereocenters. The van der Waals surface area contributed by atoms with Crippen LogP contribution in [0.4, 0.5) is 0 Å². The first-order valence-electron chi connectivity index (χ1n) is 4.94. The molecule has 0 bridgehead atoms. The molecule has 0 heterocycles. The van der Waals surface area contributed by atoms with Crippen LogP contribution in [0.3, 0.4) is 0 Å². The van der Waals surface area contributed by atoms with Crippen LogP contribution in [0.5, 0.6) is 0 Å². The van der Waals surface area contributed by atoms with Crippen LogP contribution in [-0.2, 0) is 0 Å². The molecule has 1 fully saturated rings. The summed E-state index contributed by atoms with van der Waals surface area (Å²) in [5.41, 5.74) is 5.97. The van der Waals surface area contributed by atoms with Crippen molar-refractivity contribution >= 4 is 0 Å². The van der Waals surface area contributed by atoms with Crippen molar-refractivity contribution < 1.29 is 5.11 Å². The summed E-state index contributed by atoms with van der Waals surface area (Å²) in [5.74, 6) is 0.714. The van der Waals surface area contributed by atoms with E-state index in [1.165, 1.54) is 0 Å². The molecule has 1 saturated carbocycles. The van der Waals surface area contributed by atoms with Gasteiger partial charge in [-0.2, -0.15) is 0 Å². The molecule has 2 heteroatoms. The highest BCUT2D eigenvalue weighted by molar-refractivity contribution is 4.83. The molecule has 0 aromatic heterocycles. The van der Waals surface area contributed by atoms with Gasteiger partial charge in [-0.25, -0.2) is 0 Å². The van der Waals surface area contributed by atoms with Crippen LogP contribution in [-0.4, -0.2) is 17.8 Å². The summed E-state index contributed by atoms with van der Waals surface area (Å²) in [6.07, 6.45) is 4.17. The van der Waals surface area contributed by atoms with Gasteiger partial charge in [0.05, 0.1) is 6.10 Å². The van der Waals surface area contributed by atoms with Crippen molar-refractivity contribution in [3.63, 3.8) is 0 Å². The van der Waals surface area contributed by atoms with Crippen LogP contribution in [0.15, 0.2) is 0 Å². The summed E-state index contributed by atoms with van der Waals surface area (Å²) in [7, 11) is 0.